The standard InChI is InChI=1S/C20H20ClNO4/c1-12-17(20(23)25-3)18(15-11-14(21)9-10-16(15)24-2)26-19(22-12)13-7-5-4-6-8-13/h4-12,17-18H,1-3H3. The smallest absolute Gasteiger partial charge is 0.315 e. The minimum Gasteiger partial charge on any atom is -0.496 e. The predicted octanol–water partition coefficient (Wildman–Crippen LogP) is 4.04. The monoisotopic (exact) mass is 373 g/mol. The summed E-state index contributed by atoms with van der Waals surface area (Å²) in [6.45, 7) is 1.87. The number of aliphatic imine (C=N–C) groups is 1. The highest BCUT2D eigenvalue weighted by Gasteiger charge is 2.42. The van der Waals surface area contributed by atoms with Crippen LogP contribution in [0.25, 0.3) is 0 Å². The van der Waals surface area contributed by atoms with Gasteiger partial charge in [0.2, 0.25) is 5.90 Å². The summed E-state index contributed by atoms with van der Waals surface area (Å²) in [5.41, 5.74) is 1.53. The summed E-state index contributed by atoms with van der Waals surface area (Å²) in [4.78, 5) is 17.0. The molecule has 0 bridgehead atoms. The second-order valence-electron chi connectivity index (χ2n) is 6.01. The van der Waals surface area contributed by atoms with Gasteiger partial charge in [-0.2, -0.15) is 0 Å². The van der Waals surface area contributed by atoms with Crippen LogP contribution in [0.4, 0.5) is 0 Å². The second-order valence-corrected chi connectivity index (χ2v) is 6.45. The van der Waals surface area contributed by atoms with Gasteiger partial charge in [-0.05, 0) is 37.3 Å². The fourth-order valence-electron chi connectivity index (χ4n) is 3.11. The van der Waals surface area contributed by atoms with E-state index >= 15 is 0 Å². The van der Waals surface area contributed by atoms with Crippen molar-refractivity contribution in [2.24, 2.45) is 10.9 Å². The molecule has 0 saturated carbocycles. The van der Waals surface area contributed by atoms with Crippen molar-refractivity contribution in [1.82, 2.24) is 0 Å². The largest absolute Gasteiger partial charge is 0.496 e. The molecule has 1 aliphatic heterocycles. The number of carbonyl (C=O) groups excluding carboxylic acids is 1. The van der Waals surface area contributed by atoms with E-state index in [2.05, 4.69) is 4.99 Å². The Morgan fingerprint density at radius 2 is 1.88 bits per heavy atom. The van der Waals surface area contributed by atoms with Gasteiger partial charge in [-0.1, -0.05) is 29.8 Å². The van der Waals surface area contributed by atoms with E-state index in [-0.39, 0.29) is 12.0 Å². The maximum Gasteiger partial charge on any atom is 0.315 e. The fraction of sp³-hybridized carbons (Fsp3) is 0.300. The van der Waals surface area contributed by atoms with E-state index in [4.69, 9.17) is 25.8 Å². The zero-order valence-electron chi connectivity index (χ0n) is 14.8. The number of methoxy groups -OCH3 is 2. The highest BCUT2D eigenvalue weighted by Crippen LogP contribution is 2.40. The Balaban J connectivity index is 2.09. The van der Waals surface area contributed by atoms with Crippen molar-refractivity contribution in [3.8, 4) is 5.75 Å². The first-order chi connectivity index (χ1) is 12.5. The maximum atomic E-state index is 12.4. The van der Waals surface area contributed by atoms with Gasteiger partial charge in [0.1, 0.15) is 17.8 Å². The molecule has 1 heterocycles. The van der Waals surface area contributed by atoms with E-state index < -0.39 is 12.0 Å². The van der Waals surface area contributed by atoms with Gasteiger partial charge in [0.05, 0.1) is 20.3 Å². The molecule has 0 N–H and O–H groups in total. The number of benzene rings is 2. The van der Waals surface area contributed by atoms with E-state index in [9.17, 15) is 4.79 Å². The quantitative estimate of drug-likeness (QED) is 0.759. The van der Waals surface area contributed by atoms with E-state index in [0.29, 0.717) is 22.2 Å². The topological polar surface area (TPSA) is 57.1 Å². The molecule has 6 heteroatoms. The lowest BCUT2D eigenvalue weighted by molar-refractivity contribution is -0.150. The normalized spacial score (nSPS) is 22.2. The van der Waals surface area contributed by atoms with Crippen molar-refractivity contribution in [1.29, 1.82) is 0 Å². The Labute approximate surface area is 157 Å². The minimum absolute atomic E-state index is 0.333. The lowest BCUT2D eigenvalue weighted by Gasteiger charge is -2.34. The molecule has 0 amide bonds. The highest BCUT2D eigenvalue weighted by atomic mass is 35.5. The molecule has 0 aliphatic carbocycles. The van der Waals surface area contributed by atoms with Crippen molar-refractivity contribution in [3.63, 3.8) is 0 Å². The minimum atomic E-state index is -0.626. The molecule has 136 valence electrons. The van der Waals surface area contributed by atoms with Crippen molar-refractivity contribution in [2.45, 2.75) is 19.1 Å². The van der Waals surface area contributed by atoms with E-state index in [0.717, 1.165) is 5.56 Å². The number of rotatable bonds is 4. The Bertz CT molecular complexity index is 822. The zero-order valence-corrected chi connectivity index (χ0v) is 15.6. The average molecular weight is 374 g/mol. The number of esters is 1. The maximum absolute atomic E-state index is 12.4. The average Bonchev–Trinajstić information content (AvgIpc) is 2.67. The second kappa shape index (κ2) is 7.79. The molecule has 0 spiro atoms. The van der Waals surface area contributed by atoms with Gasteiger partial charge in [-0.15, -0.1) is 0 Å². The number of carbonyl (C=O) groups is 1. The third-order valence-corrected chi connectivity index (χ3v) is 4.63. The highest BCUT2D eigenvalue weighted by molar-refractivity contribution is 6.30. The van der Waals surface area contributed by atoms with Crippen LogP contribution >= 0.6 is 11.6 Å². The molecular weight excluding hydrogens is 354 g/mol. The van der Waals surface area contributed by atoms with Crippen LogP contribution in [-0.2, 0) is 14.3 Å². The van der Waals surface area contributed by atoms with Crippen molar-refractivity contribution < 1.29 is 19.0 Å². The molecule has 0 radical (unpaired) electrons. The molecule has 3 unspecified atom stereocenters. The van der Waals surface area contributed by atoms with Crippen LogP contribution in [0.15, 0.2) is 53.5 Å². The third-order valence-electron chi connectivity index (χ3n) is 4.40. The first kappa shape index (κ1) is 18.3. The fourth-order valence-corrected chi connectivity index (χ4v) is 3.29. The van der Waals surface area contributed by atoms with Crippen LogP contribution in [0.3, 0.4) is 0 Å². The first-order valence-corrected chi connectivity index (χ1v) is 8.64. The number of halogens is 1. The molecule has 3 rings (SSSR count). The molecule has 1 aliphatic rings. The lowest BCUT2D eigenvalue weighted by Crippen LogP contribution is -2.39. The van der Waals surface area contributed by atoms with Crippen molar-refractivity contribution in [2.75, 3.05) is 14.2 Å². The lowest BCUT2D eigenvalue weighted by atomic mass is 9.88. The molecule has 0 saturated heterocycles. The molecule has 2 aromatic rings. The van der Waals surface area contributed by atoms with Gasteiger partial charge in [0, 0.05) is 16.1 Å². The van der Waals surface area contributed by atoms with E-state index in [1.54, 1.807) is 25.3 Å². The Hall–Kier alpha value is -2.53. The van der Waals surface area contributed by atoms with Crippen LogP contribution in [0.1, 0.15) is 24.2 Å². The first-order valence-electron chi connectivity index (χ1n) is 8.26. The van der Waals surface area contributed by atoms with Gasteiger partial charge in [-0.3, -0.25) is 4.79 Å². The van der Waals surface area contributed by atoms with E-state index in [1.807, 2.05) is 37.3 Å². The Morgan fingerprint density at radius 1 is 1.15 bits per heavy atom. The number of hydrogen-bond donors (Lipinski definition) is 0. The molecule has 0 aromatic heterocycles. The Kier molecular flexibility index (Phi) is 5.47. The zero-order chi connectivity index (χ0) is 18.7. The third kappa shape index (κ3) is 3.53. The van der Waals surface area contributed by atoms with Crippen LogP contribution in [0.2, 0.25) is 5.02 Å². The molecule has 5 nitrogen and oxygen atoms in total. The SMILES string of the molecule is COC(=O)C1C(C)N=C(c2ccccc2)OC1c1cc(Cl)ccc1OC. The summed E-state index contributed by atoms with van der Waals surface area (Å²) in [6.07, 6.45) is -0.626. The number of ether oxygens (including phenoxy) is 3. The summed E-state index contributed by atoms with van der Waals surface area (Å²) in [7, 11) is 2.93. The summed E-state index contributed by atoms with van der Waals surface area (Å²) < 4.78 is 16.6. The van der Waals surface area contributed by atoms with Crippen LogP contribution in [0, 0.1) is 5.92 Å². The summed E-state index contributed by atoms with van der Waals surface area (Å²) >= 11 is 6.19. The Morgan fingerprint density at radius 3 is 2.54 bits per heavy atom. The summed E-state index contributed by atoms with van der Waals surface area (Å²) in [6, 6.07) is 14.5. The van der Waals surface area contributed by atoms with Crippen LogP contribution in [-0.4, -0.2) is 32.1 Å². The molecule has 2 aromatic carbocycles. The van der Waals surface area contributed by atoms with Crippen molar-refractivity contribution in [3.05, 3.63) is 64.7 Å². The number of nitrogens with zero attached hydrogens (tertiary/aromatic N) is 1. The van der Waals surface area contributed by atoms with Crippen LogP contribution in [0.5, 0.6) is 5.75 Å². The van der Waals surface area contributed by atoms with Crippen LogP contribution < -0.4 is 4.74 Å². The molecule has 3 atom stereocenters. The van der Waals surface area contributed by atoms with Gasteiger partial charge in [-0.25, -0.2) is 4.99 Å². The van der Waals surface area contributed by atoms with Crippen molar-refractivity contribution >= 4 is 23.5 Å². The number of hydrogen-bond acceptors (Lipinski definition) is 5. The van der Waals surface area contributed by atoms with Gasteiger partial charge >= 0.3 is 5.97 Å². The van der Waals surface area contributed by atoms with Gasteiger partial charge < -0.3 is 14.2 Å². The summed E-state index contributed by atoms with van der Waals surface area (Å²) in [5.74, 6) is 0.0697. The summed E-state index contributed by atoms with van der Waals surface area (Å²) in [5, 5.41) is 0.532. The molecule has 26 heavy (non-hydrogen) atoms. The molecule has 0 fully saturated rings. The van der Waals surface area contributed by atoms with Gasteiger partial charge in [0.25, 0.3) is 0 Å². The molecular formula is C20H20ClNO4. The predicted molar refractivity (Wildman–Crippen MR) is 99.8 cm³/mol. The van der Waals surface area contributed by atoms with E-state index in [1.165, 1.54) is 7.11 Å². The van der Waals surface area contributed by atoms with Gasteiger partial charge in [0.15, 0.2) is 0 Å².